The average Bonchev–Trinajstić information content (AvgIpc) is 3.71. The maximum absolute atomic E-state index is 13.6. The number of halogens is 1. The number of anilines is 1. The van der Waals surface area contributed by atoms with Gasteiger partial charge < -0.3 is 20.1 Å². The number of carbonyl (C=O) groups is 1. The van der Waals surface area contributed by atoms with Crippen molar-refractivity contribution < 1.29 is 22.7 Å². The fourth-order valence-corrected chi connectivity index (χ4v) is 8.61. The molecule has 52 heavy (non-hydrogen) atoms. The molecule has 14 heteroatoms. The lowest BCUT2D eigenvalue weighted by Crippen LogP contribution is -2.31. The predicted molar refractivity (Wildman–Crippen MR) is 198 cm³/mol. The number of aromatic nitrogens is 4. The number of nitrogens with one attached hydrogen (secondary N) is 3. The number of nitrogens with zero attached hydrogens (tertiary/aromatic N) is 4. The lowest BCUT2D eigenvalue weighted by molar-refractivity contribution is 0.0981. The van der Waals surface area contributed by atoms with Gasteiger partial charge in [-0.25, -0.2) is 19.4 Å². The van der Waals surface area contributed by atoms with Gasteiger partial charge in [0.1, 0.15) is 23.3 Å². The lowest BCUT2D eigenvalue weighted by Gasteiger charge is -2.37. The molecule has 3 N–H and O–H groups in total. The average molecular weight is 748 g/mol. The zero-order valence-electron chi connectivity index (χ0n) is 29.6. The van der Waals surface area contributed by atoms with Crippen molar-refractivity contribution in [1.29, 1.82) is 0 Å². The standard InChI is InChI=1S/C38H46ClN7O5S/c1-37(2)23-27(24-41-37)9-6-18-40-31-21-29(51-25-26-7-4-3-5-8-26)22-34(42-31)52(48,49)45-36(47)30-10-11-32(43-35(30)39)46-19-13-33(44-46)50-20-14-28-12-15-38(28)16-17-38/h3-5,7-8,10-11,13,19,21-22,27-28,41H,6,9,12,14-18,20,23-25H2,1-2H3,(H,40,42)(H,45,47)/t27-,28?/m0/s1. The first-order valence-corrected chi connectivity index (χ1v) is 19.9. The van der Waals surface area contributed by atoms with Crippen molar-refractivity contribution in [2.24, 2.45) is 17.3 Å². The van der Waals surface area contributed by atoms with Gasteiger partial charge >= 0.3 is 0 Å². The van der Waals surface area contributed by atoms with E-state index in [0.29, 0.717) is 42.0 Å². The van der Waals surface area contributed by atoms with Gasteiger partial charge in [0.2, 0.25) is 5.88 Å². The molecule has 7 rings (SSSR count). The molecule has 3 fully saturated rings. The lowest BCUT2D eigenvalue weighted by atomic mass is 9.69. The third kappa shape index (κ3) is 8.70. The van der Waals surface area contributed by atoms with Gasteiger partial charge in [0.25, 0.3) is 15.9 Å². The van der Waals surface area contributed by atoms with Gasteiger partial charge in [0.15, 0.2) is 10.8 Å². The number of sulfonamides is 1. The van der Waals surface area contributed by atoms with E-state index in [-0.39, 0.29) is 33.6 Å². The van der Waals surface area contributed by atoms with Crippen LogP contribution in [0.4, 0.5) is 5.82 Å². The fourth-order valence-electron chi connectivity index (χ4n) is 7.43. The van der Waals surface area contributed by atoms with Gasteiger partial charge in [0.05, 0.1) is 12.2 Å². The minimum absolute atomic E-state index is 0.119. The molecular formula is C38H46ClN7O5S. The summed E-state index contributed by atoms with van der Waals surface area (Å²) in [6, 6.07) is 17.2. The first-order valence-electron chi connectivity index (χ1n) is 18.1. The van der Waals surface area contributed by atoms with E-state index < -0.39 is 15.9 Å². The summed E-state index contributed by atoms with van der Waals surface area (Å²) in [6.07, 6.45) is 11.1. The van der Waals surface area contributed by atoms with E-state index in [9.17, 15) is 13.2 Å². The van der Waals surface area contributed by atoms with Crippen molar-refractivity contribution in [2.45, 2.75) is 82.4 Å². The Morgan fingerprint density at radius 3 is 2.58 bits per heavy atom. The van der Waals surface area contributed by atoms with E-state index in [4.69, 9.17) is 21.1 Å². The molecule has 2 aliphatic carbocycles. The van der Waals surface area contributed by atoms with Crippen LogP contribution in [0.5, 0.6) is 11.6 Å². The molecule has 1 aromatic carbocycles. The maximum atomic E-state index is 13.6. The third-order valence-corrected chi connectivity index (χ3v) is 12.1. The van der Waals surface area contributed by atoms with E-state index in [1.54, 1.807) is 18.3 Å². The summed E-state index contributed by atoms with van der Waals surface area (Å²) in [5.41, 5.74) is 1.55. The Morgan fingerprint density at radius 2 is 1.87 bits per heavy atom. The summed E-state index contributed by atoms with van der Waals surface area (Å²) in [6.45, 7) is 6.83. The quantitative estimate of drug-likeness (QED) is 0.0851. The van der Waals surface area contributed by atoms with Crippen molar-refractivity contribution in [2.75, 3.05) is 25.0 Å². The maximum Gasteiger partial charge on any atom is 0.282 e. The second kappa shape index (κ2) is 15.0. The van der Waals surface area contributed by atoms with E-state index in [0.717, 1.165) is 43.7 Å². The smallest absolute Gasteiger partial charge is 0.282 e. The monoisotopic (exact) mass is 747 g/mol. The summed E-state index contributed by atoms with van der Waals surface area (Å²) in [7, 11) is -4.44. The SMILES string of the molecule is CC1(C)C[C@H](CCCNc2cc(OCc3ccccc3)cc(S(=O)(=O)NC(=O)c3ccc(-n4ccc(OCCC5CCC56CC6)n4)nc3Cl)n2)CN1. The molecule has 1 unspecified atom stereocenters. The molecule has 3 aromatic heterocycles. The molecule has 0 radical (unpaired) electrons. The molecule has 4 aromatic rings. The Kier molecular flexibility index (Phi) is 10.5. The molecular weight excluding hydrogens is 702 g/mol. The van der Waals surface area contributed by atoms with Gasteiger partial charge in [-0.2, -0.15) is 8.42 Å². The molecule has 12 nitrogen and oxygen atoms in total. The number of carbonyl (C=O) groups excluding carboxylic acids is 1. The van der Waals surface area contributed by atoms with E-state index in [1.165, 1.54) is 48.6 Å². The number of rotatable bonds is 16. The second-order valence-corrected chi connectivity index (χ2v) is 17.0. The largest absolute Gasteiger partial charge is 0.489 e. The Morgan fingerprint density at radius 1 is 1.04 bits per heavy atom. The molecule has 3 aliphatic rings. The van der Waals surface area contributed by atoms with Crippen LogP contribution in [0.2, 0.25) is 5.15 Å². The number of benzene rings is 1. The number of ether oxygens (including phenoxy) is 2. The second-order valence-electron chi connectivity index (χ2n) is 15.0. The van der Waals surface area contributed by atoms with Crippen LogP contribution in [0.3, 0.4) is 0 Å². The minimum Gasteiger partial charge on any atom is -0.489 e. The van der Waals surface area contributed by atoms with Crippen LogP contribution in [0.1, 0.15) is 81.1 Å². The normalized spacial score (nSPS) is 19.9. The number of hydrogen-bond acceptors (Lipinski definition) is 10. The molecule has 1 saturated heterocycles. The Labute approximate surface area is 310 Å². The molecule has 4 heterocycles. The highest BCUT2D eigenvalue weighted by Crippen LogP contribution is 2.65. The highest BCUT2D eigenvalue weighted by Gasteiger charge is 2.54. The molecule has 1 aliphatic heterocycles. The van der Waals surface area contributed by atoms with Crippen LogP contribution in [0.15, 0.2) is 71.9 Å². The van der Waals surface area contributed by atoms with Gasteiger partial charge in [-0.15, -0.1) is 5.10 Å². The molecule has 1 spiro atoms. The molecule has 0 bridgehead atoms. The number of pyridine rings is 2. The van der Waals surface area contributed by atoms with Crippen molar-refractivity contribution in [1.82, 2.24) is 29.8 Å². The van der Waals surface area contributed by atoms with Crippen molar-refractivity contribution >= 4 is 33.3 Å². The van der Waals surface area contributed by atoms with Gasteiger partial charge in [-0.3, -0.25) is 4.79 Å². The summed E-state index contributed by atoms with van der Waals surface area (Å²) >= 11 is 6.42. The fraction of sp³-hybridized carbons (Fsp3) is 0.474. The Balaban J connectivity index is 0.993. The first kappa shape index (κ1) is 36.2. The van der Waals surface area contributed by atoms with Gasteiger partial charge in [-0.1, -0.05) is 41.9 Å². The molecule has 276 valence electrons. The topological polar surface area (TPSA) is 149 Å². The van der Waals surface area contributed by atoms with E-state index in [2.05, 4.69) is 44.3 Å². The van der Waals surface area contributed by atoms with Crippen molar-refractivity contribution in [3.05, 3.63) is 83.1 Å². The van der Waals surface area contributed by atoms with Crippen molar-refractivity contribution in [3.8, 4) is 17.4 Å². The molecule has 1 amide bonds. The van der Waals surface area contributed by atoms with Crippen molar-refractivity contribution in [3.63, 3.8) is 0 Å². The van der Waals surface area contributed by atoms with Crippen LogP contribution < -0.4 is 24.8 Å². The van der Waals surface area contributed by atoms with Crippen LogP contribution >= 0.6 is 11.6 Å². The highest BCUT2D eigenvalue weighted by molar-refractivity contribution is 7.90. The Hall–Kier alpha value is -4.20. The number of amides is 1. The summed E-state index contributed by atoms with van der Waals surface area (Å²) in [5.74, 6) is 1.83. The van der Waals surface area contributed by atoms with Crippen LogP contribution in [0, 0.1) is 17.3 Å². The van der Waals surface area contributed by atoms with E-state index in [1.807, 2.05) is 30.3 Å². The zero-order chi connectivity index (χ0) is 36.3. The zero-order valence-corrected chi connectivity index (χ0v) is 31.2. The summed E-state index contributed by atoms with van der Waals surface area (Å²) in [4.78, 5) is 21.9. The number of hydrogen-bond donors (Lipinski definition) is 3. The predicted octanol–water partition coefficient (Wildman–Crippen LogP) is 6.55. The van der Waals surface area contributed by atoms with E-state index >= 15 is 0 Å². The summed E-state index contributed by atoms with van der Waals surface area (Å²) in [5, 5.41) is 10.7. The first-order chi connectivity index (χ1) is 25.0. The van der Waals surface area contributed by atoms with Gasteiger partial charge in [-0.05, 0) is 107 Å². The molecule has 2 saturated carbocycles. The summed E-state index contributed by atoms with van der Waals surface area (Å²) < 4.78 is 42.6. The van der Waals surface area contributed by atoms with Crippen LogP contribution in [-0.4, -0.2) is 59.3 Å². The minimum atomic E-state index is -4.44. The highest BCUT2D eigenvalue weighted by atomic mass is 35.5. The van der Waals surface area contributed by atoms with Crippen LogP contribution in [0.25, 0.3) is 5.82 Å². The third-order valence-electron chi connectivity index (χ3n) is 10.6. The Bertz CT molecular complexity index is 2000. The van der Waals surface area contributed by atoms with Gasteiger partial charge in [0, 0.05) is 36.5 Å². The molecule has 2 atom stereocenters. The van der Waals surface area contributed by atoms with Crippen LogP contribution in [-0.2, 0) is 16.6 Å².